The molecule has 2 aromatic heterocycles. The Morgan fingerprint density at radius 3 is 2.47 bits per heavy atom. The van der Waals surface area contributed by atoms with Gasteiger partial charge in [0.1, 0.15) is 0 Å². The number of rotatable bonds is 2. The summed E-state index contributed by atoms with van der Waals surface area (Å²) in [6.07, 6.45) is 5.53. The number of halogens is 1. The van der Waals surface area contributed by atoms with E-state index in [1.165, 1.54) is 0 Å². The Kier molecular flexibility index (Phi) is 2.57. The Morgan fingerprint density at radius 2 is 1.76 bits per heavy atom. The van der Waals surface area contributed by atoms with E-state index in [2.05, 4.69) is 20.9 Å². The fourth-order valence-corrected chi connectivity index (χ4v) is 1.86. The Labute approximate surface area is 107 Å². The average Bonchev–Trinajstić information content (AvgIpc) is 3.00. The summed E-state index contributed by atoms with van der Waals surface area (Å²) in [6, 6.07) is 12.4. The molecule has 0 aliphatic heterocycles. The highest BCUT2D eigenvalue weighted by Gasteiger charge is 2.06. The molecule has 0 aliphatic rings. The summed E-state index contributed by atoms with van der Waals surface area (Å²) in [6.45, 7) is 0. The van der Waals surface area contributed by atoms with Crippen LogP contribution in [0.2, 0.25) is 0 Å². The maximum absolute atomic E-state index is 5.69. The number of hydrogen-bond acceptors (Lipinski definition) is 2. The van der Waals surface area contributed by atoms with Crippen LogP contribution >= 0.6 is 15.9 Å². The van der Waals surface area contributed by atoms with Crippen molar-refractivity contribution < 1.29 is 4.42 Å². The van der Waals surface area contributed by atoms with Gasteiger partial charge in [0.2, 0.25) is 0 Å². The molecule has 0 amide bonds. The molecule has 3 aromatic rings. The van der Waals surface area contributed by atoms with Crippen molar-refractivity contribution in [1.29, 1.82) is 0 Å². The second-order valence-corrected chi connectivity index (χ2v) is 4.52. The Hall–Kier alpha value is -1.81. The second-order valence-electron chi connectivity index (χ2n) is 3.60. The lowest BCUT2D eigenvalue weighted by Gasteiger charge is -1.97. The minimum absolute atomic E-state index is 0.577. The normalized spacial score (nSPS) is 10.6. The van der Waals surface area contributed by atoms with Gasteiger partial charge in [-0.25, -0.2) is 4.98 Å². The van der Waals surface area contributed by atoms with Crippen molar-refractivity contribution in [1.82, 2.24) is 9.55 Å². The van der Waals surface area contributed by atoms with Crippen LogP contribution in [0.4, 0.5) is 0 Å². The molecule has 4 heteroatoms. The molecule has 0 spiro atoms. The highest BCUT2D eigenvalue weighted by Crippen LogP contribution is 2.23. The van der Waals surface area contributed by atoms with Crippen LogP contribution in [-0.2, 0) is 0 Å². The summed E-state index contributed by atoms with van der Waals surface area (Å²) in [5.41, 5.74) is 1.01. The van der Waals surface area contributed by atoms with Gasteiger partial charge in [-0.15, -0.1) is 0 Å². The van der Waals surface area contributed by atoms with Crippen molar-refractivity contribution >= 4 is 15.9 Å². The predicted molar refractivity (Wildman–Crippen MR) is 69.0 cm³/mol. The Bertz CT molecular complexity index is 611. The summed E-state index contributed by atoms with van der Waals surface area (Å²) in [4.78, 5) is 4.24. The molecule has 0 atom stereocenters. The quantitative estimate of drug-likeness (QED) is 0.716. The van der Waals surface area contributed by atoms with Gasteiger partial charge in [0.25, 0.3) is 0 Å². The van der Waals surface area contributed by atoms with Crippen LogP contribution in [0.3, 0.4) is 0 Å². The van der Waals surface area contributed by atoms with Gasteiger partial charge >= 0.3 is 6.01 Å². The summed E-state index contributed by atoms with van der Waals surface area (Å²) < 4.78 is 8.57. The van der Waals surface area contributed by atoms with E-state index >= 15 is 0 Å². The third-order valence-corrected chi connectivity index (χ3v) is 2.98. The second kappa shape index (κ2) is 4.22. The highest BCUT2D eigenvalue weighted by atomic mass is 79.9. The first-order valence-corrected chi connectivity index (χ1v) is 5.97. The van der Waals surface area contributed by atoms with Crippen LogP contribution in [0, 0.1) is 0 Å². The molecule has 0 bridgehead atoms. The largest absolute Gasteiger partial charge is 0.423 e. The van der Waals surface area contributed by atoms with E-state index in [0.29, 0.717) is 6.01 Å². The highest BCUT2D eigenvalue weighted by molar-refractivity contribution is 9.10. The van der Waals surface area contributed by atoms with Crippen molar-refractivity contribution in [3.63, 3.8) is 0 Å². The van der Waals surface area contributed by atoms with E-state index in [9.17, 15) is 0 Å². The van der Waals surface area contributed by atoms with Gasteiger partial charge in [-0.1, -0.05) is 28.1 Å². The van der Waals surface area contributed by atoms with E-state index in [-0.39, 0.29) is 0 Å². The molecule has 0 fully saturated rings. The monoisotopic (exact) mass is 288 g/mol. The maximum atomic E-state index is 5.69. The van der Waals surface area contributed by atoms with Crippen LogP contribution in [0.15, 0.2) is 63.9 Å². The molecular weight excluding hydrogens is 280 g/mol. The van der Waals surface area contributed by atoms with Crippen molar-refractivity contribution in [3.8, 4) is 17.3 Å². The minimum atomic E-state index is 0.577. The van der Waals surface area contributed by atoms with Gasteiger partial charge in [-0.3, -0.25) is 4.57 Å². The lowest BCUT2D eigenvalue weighted by Crippen LogP contribution is -1.87. The first-order valence-electron chi connectivity index (χ1n) is 5.18. The lowest BCUT2D eigenvalue weighted by atomic mass is 10.2. The molecule has 2 heterocycles. The van der Waals surface area contributed by atoms with Crippen LogP contribution in [0.1, 0.15) is 0 Å². The molecule has 0 radical (unpaired) electrons. The molecule has 0 saturated heterocycles. The van der Waals surface area contributed by atoms with Crippen molar-refractivity contribution in [2.75, 3.05) is 0 Å². The average molecular weight is 289 g/mol. The van der Waals surface area contributed by atoms with E-state index in [0.717, 1.165) is 15.8 Å². The van der Waals surface area contributed by atoms with Gasteiger partial charge in [-0.05, 0) is 24.3 Å². The van der Waals surface area contributed by atoms with Crippen molar-refractivity contribution in [3.05, 3.63) is 59.5 Å². The first-order chi connectivity index (χ1) is 8.33. The zero-order valence-corrected chi connectivity index (χ0v) is 10.5. The maximum Gasteiger partial charge on any atom is 0.306 e. The molecule has 1 aromatic carbocycles. The van der Waals surface area contributed by atoms with E-state index in [1.54, 1.807) is 6.20 Å². The third kappa shape index (κ3) is 2.03. The fourth-order valence-electron chi connectivity index (χ4n) is 1.59. The van der Waals surface area contributed by atoms with Crippen LogP contribution in [0.5, 0.6) is 0 Å². The van der Waals surface area contributed by atoms with Crippen LogP contribution < -0.4 is 0 Å². The van der Waals surface area contributed by atoms with E-state index in [1.807, 2.05) is 53.4 Å². The number of hydrogen-bond donors (Lipinski definition) is 0. The number of benzene rings is 1. The standard InChI is InChI=1S/C13H9BrN2O/c14-11-5-3-10(4-6-11)12-9-15-13(17-12)16-7-1-2-8-16/h1-9H. The van der Waals surface area contributed by atoms with Gasteiger partial charge < -0.3 is 4.42 Å². The lowest BCUT2D eigenvalue weighted by molar-refractivity contribution is 0.540. The molecule has 0 unspecified atom stereocenters. The summed E-state index contributed by atoms with van der Waals surface area (Å²) in [5, 5.41) is 0. The van der Waals surface area contributed by atoms with Crippen LogP contribution in [-0.4, -0.2) is 9.55 Å². The molecule has 0 aliphatic carbocycles. The molecule has 3 nitrogen and oxygen atoms in total. The molecule has 84 valence electrons. The molecule has 3 rings (SSSR count). The molecular formula is C13H9BrN2O. The topological polar surface area (TPSA) is 31.0 Å². The smallest absolute Gasteiger partial charge is 0.306 e. The molecule has 17 heavy (non-hydrogen) atoms. The molecule has 0 N–H and O–H groups in total. The summed E-state index contributed by atoms with van der Waals surface area (Å²) in [7, 11) is 0. The summed E-state index contributed by atoms with van der Waals surface area (Å²) >= 11 is 3.40. The minimum Gasteiger partial charge on any atom is -0.423 e. The fraction of sp³-hybridized carbons (Fsp3) is 0. The summed E-state index contributed by atoms with van der Waals surface area (Å²) in [5.74, 6) is 0.765. The van der Waals surface area contributed by atoms with Gasteiger partial charge in [0.15, 0.2) is 5.76 Å². The van der Waals surface area contributed by atoms with E-state index in [4.69, 9.17) is 4.42 Å². The Balaban J connectivity index is 1.98. The third-order valence-electron chi connectivity index (χ3n) is 2.45. The van der Waals surface area contributed by atoms with Crippen molar-refractivity contribution in [2.45, 2.75) is 0 Å². The van der Waals surface area contributed by atoms with Crippen molar-refractivity contribution in [2.24, 2.45) is 0 Å². The molecule has 0 saturated carbocycles. The van der Waals surface area contributed by atoms with Gasteiger partial charge in [0, 0.05) is 22.4 Å². The van der Waals surface area contributed by atoms with E-state index < -0.39 is 0 Å². The zero-order valence-electron chi connectivity index (χ0n) is 8.88. The van der Waals surface area contributed by atoms with Gasteiger partial charge in [0.05, 0.1) is 6.20 Å². The van der Waals surface area contributed by atoms with Crippen LogP contribution in [0.25, 0.3) is 17.3 Å². The first kappa shape index (κ1) is 10.4. The van der Waals surface area contributed by atoms with Gasteiger partial charge in [-0.2, -0.15) is 0 Å². The predicted octanol–water partition coefficient (Wildman–Crippen LogP) is 3.89. The SMILES string of the molecule is Brc1ccc(-c2cnc(-n3cccc3)o2)cc1. The number of nitrogens with zero attached hydrogens (tertiary/aromatic N) is 2. The number of oxazole rings is 1. The zero-order chi connectivity index (χ0) is 11.7. The Morgan fingerprint density at radius 1 is 1.06 bits per heavy atom. The number of aromatic nitrogens is 2.